The van der Waals surface area contributed by atoms with Crippen molar-refractivity contribution in [3.8, 4) is 0 Å². The summed E-state index contributed by atoms with van der Waals surface area (Å²) in [6, 6.07) is 16.4. The average Bonchev–Trinajstić information content (AvgIpc) is 3.20. The molecular weight excluding hydrogens is 364 g/mol. The molecule has 0 saturated carbocycles. The van der Waals surface area contributed by atoms with Crippen LogP contribution in [0.5, 0.6) is 0 Å². The highest BCUT2D eigenvalue weighted by Crippen LogP contribution is 2.30. The van der Waals surface area contributed by atoms with Crippen LogP contribution in [0.2, 0.25) is 13.1 Å². The van der Waals surface area contributed by atoms with Gasteiger partial charge in [-0.25, -0.2) is 0 Å². The molecule has 0 N–H and O–H groups in total. The first-order valence-electron chi connectivity index (χ1n) is 8.02. The molecule has 124 valence electrons. The van der Waals surface area contributed by atoms with Crippen LogP contribution in [-0.4, -0.2) is 20.6 Å². The van der Waals surface area contributed by atoms with Crippen LogP contribution in [0.4, 0.5) is 0 Å². The van der Waals surface area contributed by atoms with Gasteiger partial charge in [-0.05, 0) is 33.3 Å². The van der Waals surface area contributed by atoms with Crippen molar-refractivity contribution in [2.24, 2.45) is 0 Å². The maximum Gasteiger partial charge on any atom is 0.159 e. The first-order valence-corrected chi connectivity index (χ1v) is 12.7. The van der Waals surface area contributed by atoms with Crippen LogP contribution in [0, 0.1) is 0 Å². The van der Waals surface area contributed by atoms with Crippen LogP contribution in [0.15, 0.2) is 48.5 Å². The van der Waals surface area contributed by atoms with E-state index in [1.54, 1.807) is 22.7 Å². The second kappa shape index (κ2) is 6.02. The second-order valence-corrected chi connectivity index (χ2v) is 13.0. The predicted molar refractivity (Wildman–Crippen MR) is 111 cm³/mol. The third-order valence-corrected chi connectivity index (χ3v) is 10.8. The molecule has 0 aliphatic heterocycles. The van der Waals surface area contributed by atoms with Gasteiger partial charge in [0.05, 0.1) is 9.75 Å². The van der Waals surface area contributed by atoms with E-state index in [0.29, 0.717) is 0 Å². The Hall–Kier alpha value is -2.08. The van der Waals surface area contributed by atoms with E-state index in [9.17, 15) is 9.59 Å². The van der Waals surface area contributed by atoms with Gasteiger partial charge in [-0.1, -0.05) is 49.5 Å². The molecule has 0 aliphatic carbocycles. The summed E-state index contributed by atoms with van der Waals surface area (Å²) >= 11 is 3.10. The summed E-state index contributed by atoms with van der Waals surface area (Å²) in [7, 11) is -2.25. The third-order valence-electron chi connectivity index (χ3n) is 4.71. The number of fused-ring (bicyclic) bond motifs is 2. The molecule has 0 bridgehead atoms. The van der Waals surface area contributed by atoms with Crippen molar-refractivity contribution in [3.05, 3.63) is 58.3 Å². The van der Waals surface area contributed by atoms with E-state index >= 15 is 0 Å². The zero-order valence-corrected chi connectivity index (χ0v) is 16.5. The van der Waals surface area contributed by atoms with Crippen molar-refractivity contribution >= 4 is 73.9 Å². The minimum atomic E-state index is -2.25. The number of thiophene rings is 2. The topological polar surface area (TPSA) is 34.1 Å². The van der Waals surface area contributed by atoms with E-state index in [1.165, 1.54) is 0 Å². The Kier molecular flexibility index (Phi) is 3.95. The number of benzene rings is 2. The molecule has 0 saturated heterocycles. The average molecular weight is 381 g/mol. The SMILES string of the molecule is C[Si](C)(c1c(C=O)sc2ccccc12)c1c(C=O)sc2ccccc12. The minimum Gasteiger partial charge on any atom is -0.297 e. The van der Waals surface area contributed by atoms with Gasteiger partial charge in [0, 0.05) is 9.40 Å². The highest BCUT2D eigenvalue weighted by atomic mass is 32.1. The summed E-state index contributed by atoms with van der Waals surface area (Å²) in [4.78, 5) is 25.2. The summed E-state index contributed by atoms with van der Waals surface area (Å²) in [5, 5.41) is 4.60. The van der Waals surface area contributed by atoms with Crippen molar-refractivity contribution in [2.75, 3.05) is 0 Å². The Morgan fingerprint density at radius 2 is 1.12 bits per heavy atom. The summed E-state index contributed by atoms with van der Waals surface area (Å²) in [5.74, 6) is 0. The van der Waals surface area contributed by atoms with Crippen molar-refractivity contribution in [1.29, 1.82) is 0 Å². The van der Waals surface area contributed by atoms with E-state index in [4.69, 9.17) is 0 Å². The monoisotopic (exact) mass is 380 g/mol. The Bertz CT molecular complexity index is 1030. The molecule has 2 aromatic carbocycles. The van der Waals surface area contributed by atoms with E-state index < -0.39 is 8.07 Å². The van der Waals surface area contributed by atoms with Gasteiger partial charge in [-0.3, -0.25) is 9.59 Å². The maximum absolute atomic E-state index is 11.8. The zero-order chi connectivity index (χ0) is 17.6. The van der Waals surface area contributed by atoms with Crippen LogP contribution < -0.4 is 10.4 Å². The van der Waals surface area contributed by atoms with E-state index in [0.717, 1.165) is 52.9 Å². The smallest absolute Gasteiger partial charge is 0.159 e. The molecule has 0 fully saturated rings. The predicted octanol–water partition coefficient (Wildman–Crippen LogP) is 4.56. The molecule has 2 nitrogen and oxygen atoms in total. The molecular formula is C20H16O2S2Si. The zero-order valence-electron chi connectivity index (χ0n) is 13.9. The minimum absolute atomic E-state index is 0.796. The van der Waals surface area contributed by atoms with Gasteiger partial charge in [0.1, 0.15) is 8.07 Å². The molecule has 2 aromatic heterocycles. The molecule has 4 rings (SSSR count). The van der Waals surface area contributed by atoms with Crippen molar-refractivity contribution in [3.63, 3.8) is 0 Å². The Morgan fingerprint density at radius 1 is 0.720 bits per heavy atom. The molecule has 0 unspecified atom stereocenters. The number of hydrogen-bond donors (Lipinski definition) is 0. The van der Waals surface area contributed by atoms with E-state index in [-0.39, 0.29) is 0 Å². The molecule has 0 radical (unpaired) electrons. The normalized spacial score (nSPS) is 11.9. The number of hydrogen-bond acceptors (Lipinski definition) is 4. The fraction of sp³-hybridized carbons (Fsp3) is 0.100. The number of rotatable bonds is 4. The van der Waals surface area contributed by atoms with Gasteiger partial charge in [0.25, 0.3) is 0 Å². The first kappa shape index (κ1) is 16.4. The highest BCUT2D eigenvalue weighted by molar-refractivity contribution is 7.26. The van der Waals surface area contributed by atoms with E-state index in [1.807, 2.05) is 24.3 Å². The second-order valence-electron chi connectivity index (χ2n) is 6.54. The van der Waals surface area contributed by atoms with Gasteiger partial charge in [0.2, 0.25) is 0 Å². The Balaban J connectivity index is 2.10. The first-order chi connectivity index (χ1) is 12.1. The van der Waals surface area contributed by atoms with Crippen molar-refractivity contribution < 1.29 is 9.59 Å². The third kappa shape index (κ3) is 2.42. The van der Waals surface area contributed by atoms with Crippen LogP contribution in [0.3, 0.4) is 0 Å². The number of carbonyl (C=O) groups is 2. The Morgan fingerprint density at radius 3 is 1.52 bits per heavy atom. The fourth-order valence-corrected chi connectivity index (χ4v) is 11.0. The lowest BCUT2D eigenvalue weighted by Crippen LogP contribution is -2.54. The molecule has 0 atom stereocenters. The summed E-state index contributed by atoms with van der Waals surface area (Å²) in [6.07, 6.45) is 1.95. The lowest BCUT2D eigenvalue weighted by atomic mass is 10.2. The molecule has 2 heterocycles. The van der Waals surface area contributed by atoms with Crippen LogP contribution >= 0.6 is 22.7 Å². The van der Waals surface area contributed by atoms with Gasteiger partial charge >= 0.3 is 0 Å². The molecule has 0 amide bonds. The molecule has 0 aliphatic rings. The maximum atomic E-state index is 11.8. The quantitative estimate of drug-likeness (QED) is 0.384. The molecule has 4 aromatic rings. The molecule has 25 heavy (non-hydrogen) atoms. The van der Waals surface area contributed by atoms with Crippen molar-refractivity contribution in [1.82, 2.24) is 0 Å². The lowest BCUT2D eigenvalue weighted by molar-refractivity contribution is 0.112. The lowest BCUT2D eigenvalue weighted by Gasteiger charge is -2.24. The van der Waals surface area contributed by atoms with Crippen LogP contribution in [0.1, 0.15) is 19.3 Å². The van der Waals surface area contributed by atoms with Gasteiger partial charge in [0.15, 0.2) is 12.6 Å². The van der Waals surface area contributed by atoms with E-state index in [2.05, 4.69) is 37.4 Å². The number of aldehydes is 2. The van der Waals surface area contributed by atoms with Crippen molar-refractivity contribution in [2.45, 2.75) is 13.1 Å². The van der Waals surface area contributed by atoms with Crippen LogP contribution in [0.25, 0.3) is 20.2 Å². The van der Waals surface area contributed by atoms with Crippen LogP contribution in [-0.2, 0) is 0 Å². The fourth-order valence-electron chi connectivity index (χ4n) is 3.71. The summed E-state index contributed by atoms with van der Waals surface area (Å²) < 4.78 is 2.26. The summed E-state index contributed by atoms with van der Waals surface area (Å²) in [6.45, 7) is 4.49. The molecule has 0 spiro atoms. The molecule has 5 heteroatoms. The summed E-state index contributed by atoms with van der Waals surface area (Å²) in [5.41, 5.74) is 0. The van der Waals surface area contributed by atoms with Gasteiger partial charge in [-0.2, -0.15) is 0 Å². The largest absolute Gasteiger partial charge is 0.297 e. The number of carbonyl (C=O) groups excluding carboxylic acids is 2. The highest BCUT2D eigenvalue weighted by Gasteiger charge is 2.36. The van der Waals surface area contributed by atoms with Gasteiger partial charge in [-0.15, -0.1) is 22.7 Å². The standard InChI is InChI=1S/C20H16O2S2Si/c1-25(2,19-13-7-3-5-9-15(13)23-17(19)11-21)20-14-8-4-6-10-16(14)24-18(20)12-22/h3-12H,1-2H3. The van der Waals surface area contributed by atoms with Gasteiger partial charge < -0.3 is 0 Å². The Labute approximate surface area is 154 Å².